The molecule has 2 heterocycles. The molecule has 0 saturated heterocycles. The summed E-state index contributed by atoms with van der Waals surface area (Å²) in [6.07, 6.45) is 6.85. The second kappa shape index (κ2) is 9.02. The summed E-state index contributed by atoms with van der Waals surface area (Å²) < 4.78 is 10.2. The molecule has 0 spiro atoms. The lowest BCUT2D eigenvalue weighted by atomic mass is 10.0. The third-order valence-corrected chi connectivity index (χ3v) is 6.28. The summed E-state index contributed by atoms with van der Waals surface area (Å²) in [5.74, 6) is 1.28. The molecule has 1 aromatic heterocycles. The van der Waals surface area contributed by atoms with Crippen LogP contribution in [0.5, 0.6) is 5.75 Å². The van der Waals surface area contributed by atoms with E-state index in [0.717, 1.165) is 31.5 Å². The number of rotatable bonds is 6. The van der Waals surface area contributed by atoms with Crippen LogP contribution in [0.1, 0.15) is 49.4 Å². The molecule has 4 rings (SSSR count). The van der Waals surface area contributed by atoms with E-state index >= 15 is 0 Å². The topological polar surface area (TPSA) is 96.9 Å². The molecule has 9 nitrogen and oxygen atoms in total. The van der Waals surface area contributed by atoms with E-state index in [1.54, 1.807) is 36.3 Å². The molecule has 1 aliphatic carbocycles. The molecule has 9 heteroatoms. The highest BCUT2D eigenvalue weighted by molar-refractivity contribution is 6.04. The van der Waals surface area contributed by atoms with Crippen molar-refractivity contribution in [3.05, 3.63) is 30.0 Å². The molecule has 1 aliphatic heterocycles. The highest BCUT2D eigenvalue weighted by Gasteiger charge is 2.41. The van der Waals surface area contributed by atoms with Crippen molar-refractivity contribution in [2.24, 2.45) is 0 Å². The summed E-state index contributed by atoms with van der Waals surface area (Å²) in [4.78, 5) is 38.0. The minimum absolute atomic E-state index is 0.0799. The van der Waals surface area contributed by atoms with Gasteiger partial charge in [-0.3, -0.25) is 4.79 Å². The highest BCUT2D eigenvalue weighted by Crippen LogP contribution is 2.40. The predicted molar refractivity (Wildman–Crippen MR) is 122 cm³/mol. The fourth-order valence-corrected chi connectivity index (χ4v) is 4.60. The number of anilines is 4. The monoisotopic (exact) mass is 439 g/mol. The summed E-state index contributed by atoms with van der Waals surface area (Å²) in [5, 5.41) is 3.20. The zero-order valence-corrected chi connectivity index (χ0v) is 18.9. The van der Waals surface area contributed by atoms with E-state index in [1.807, 2.05) is 6.92 Å². The van der Waals surface area contributed by atoms with Crippen LogP contribution in [-0.4, -0.2) is 55.2 Å². The smallest absolute Gasteiger partial charge is 0.337 e. The van der Waals surface area contributed by atoms with E-state index in [4.69, 9.17) is 14.5 Å². The van der Waals surface area contributed by atoms with Gasteiger partial charge in [0.15, 0.2) is 5.82 Å². The first-order valence-corrected chi connectivity index (χ1v) is 10.9. The van der Waals surface area contributed by atoms with Gasteiger partial charge in [0.05, 0.1) is 31.7 Å². The van der Waals surface area contributed by atoms with Gasteiger partial charge in [0.1, 0.15) is 17.5 Å². The molecule has 2 aromatic rings. The van der Waals surface area contributed by atoms with Gasteiger partial charge in [-0.2, -0.15) is 4.98 Å². The van der Waals surface area contributed by atoms with Gasteiger partial charge in [0, 0.05) is 13.1 Å². The Morgan fingerprint density at radius 2 is 2.00 bits per heavy atom. The van der Waals surface area contributed by atoms with E-state index in [2.05, 4.69) is 15.2 Å². The Labute approximate surface area is 187 Å². The third-order valence-electron chi connectivity index (χ3n) is 6.28. The molecule has 1 saturated carbocycles. The van der Waals surface area contributed by atoms with Crippen LogP contribution in [0.15, 0.2) is 24.4 Å². The zero-order chi connectivity index (χ0) is 22.8. The molecule has 1 fully saturated rings. The van der Waals surface area contributed by atoms with Crippen LogP contribution >= 0.6 is 0 Å². The second-order valence-corrected chi connectivity index (χ2v) is 8.10. The van der Waals surface area contributed by atoms with Crippen molar-refractivity contribution in [1.29, 1.82) is 0 Å². The number of hydrogen-bond acceptors (Lipinski definition) is 8. The van der Waals surface area contributed by atoms with Gasteiger partial charge in [-0.05, 0) is 37.5 Å². The van der Waals surface area contributed by atoms with Crippen molar-refractivity contribution < 1.29 is 19.1 Å². The number of hydrogen-bond donors (Lipinski definition) is 1. The van der Waals surface area contributed by atoms with Gasteiger partial charge in [-0.15, -0.1) is 0 Å². The normalized spacial score (nSPS) is 18.5. The molecule has 170 valence electrons. The van der Waals surface area contributed by atoms with E-state index in [9.17, 15) is 9.59 Å². The van der Waals surface area contributed by atoms with Crippen LogP contribution in [0.3, 0.4) is 0 Å². The van der Waals surface area contributed by atoms with Crippen molar-refractivity contribution in [2.75, 3.05) is 36.4 Å². The molecule has 1 aromatic carbocycles. The van der Waals surface area contributed by atoms with Gasteiger partial charge in [0.25, 0.3) is 0 Å². The Morgan fingerprint density at radius 3 is 2.66 bits per heavy atom. The summed E-state index contributed by atoms with van der Waals surface area (Å²) >= 11 is 0. The molecule has 1 unspecified atom stereocenters. The van der Waals surface area contributed by atoms with Crippen molar-refractivity contribution in [1.82, 2.24) is 9.97 Å². The summed E-state index contributed by atoms with van der Waals surface area (Å²) in [6, 6.07) is 5.06. The number of benzene rings is 1. The van der Waals surface area contributed by atoms with Gasteiger partial charge in [0.2, 0.25) is 11.9 Å². The van der Waals surface area contributed by atoms with E-state index < -0.39 is 5.97 Å². The largest absolute Gasteiger partial charge is 0.495 e. The Hall–Kier alpha value is -3.36. The van der Waals surface area contributed by atoms with E-state index in [-0.39, 0.29) is 11.9 Å². The molecule has 32 heavy (non-hydrogen) atoms. The molecule has 1 N–H and O–H groups in total. The van der Waals surface area contributed by atoms with Crippen LogP contribution in [0, 0.1) is 0 Å². The van der Waals surface area contributed by atoms with Gasteiger partial charge >= 0.3 is 5.97 Å². The zero-order valence-electron chi connectivity index (χ0n) is 18.9. The van der Waals surface area contributed by atoms with Crippen LogP contribution in [0.25, 0.3) is 0 Å². The number of nitrogens with one attached hydrogen (secondary N) is 1. The van der Waals surface area contributed by atoms with Crippen LogP contribution in [0.2, 0.25) is 0 Å². The minimum Gasteiger partial charge on any atom is -0.495 e. The predicted octanol–water partition coefficient (Wildman–Crippen LogP) is 3.52. The molecule has 1 atom stereocenters. The van der Waals surface area contributed by atoms with Crippen molar-refractivity contribution >= 4 is 35.0 Å². The SMILES string of the molecule is CCC1C(=O)N(C)c2cnc(Nc3ccc(C(=O)OC)cc3OC)nc2N1C1CCCC1. The maximum Gasteiger partial charge on any atom is 0.337 e. The number of carbonyl (C=O) groups is 2. The summed E-state index contributed by atoms with van der Waals surface area (Å²) in [5.41, 5.74) is 1.73. The maximum absolute atomic E-state index is 13.0. The fraction of sp³-hybridized carbons (Fsp3) is 0.478. The molecular weight excluding hydrogens is 410 g/mol. The second-order valence-electron chi connectivity index (χ2n) is 8.10. The standard InChI is InChI=1S/C23H29N5O4/c1-5-17-21(29)27(2)18-13-24-23(26-20(18)28(17)15-8-6-7-9-15)25-16-11-10-14(22(30)32-4)12-19(16)31-3/h10-13,15,17H,5-9H2,1-4H3,(H,24,25,26). The number of nitrogens with zero attached hydrogens (tertiary/aromatic N) is 4. The summed E-state index contributed by atoms with van der Waals surface area (Å²) in [7, 11) is 4.65. The maximum atomic E-state index is 13.0. The number of amides is 1. The summed E-state index contributed by atoms with van der Waals surface area (Å²) in [6.45, 7) is 2.04. The lowest BCUT2D eigenvalue weighted by molar-refractivity contribution is -0.120. The lowest BCUT2D eigenvalue weighted by Crippen LogP contribution is -2.55. The number of ether oxygens (including phenoxy) is 2. The first-order valence-electron chi connectivity index (χ1n) is 10.9. The number of methoxy groups -OCH3 is 2. The Morgan fingerprint density at radius 1 is 1.25 bits per heavy atom. The molecular formula is C23H29N5O4. The fourth-order valence-electron chi connectivity index (χ4n) is 4.60. The van der Waals surface area contributed by atoms with E-state index in [0.29, 0.717) is 41.1 Å². The van der Waals surface area contributed by atoms with Crippen molar-refractivity contribution in [3.63, 3.8) is 0 Å². The van der Waals surface area contributed by atoms with Crippen LogP contribution < -0.4 is 19.9 Å². The Balaban J connectivity index is 1.70. The number of fused-ring (bicyclic) bond motifs is 1. The first-order chi connectivity index (χ1) is 15.5. The average molecular weight is 440 g/mol. The number of likely N-dealkylation sites (N-methyl/N-ethyl adjacent to an activating group) is 1. The van der Waals surface area contributed by atoms with Gasteiger partial charge < -0.3 is 24.6 Å². The molecule has 1 amide bonds. The molecule has 0 bridgehead atoms. The Bertz CT molecular complexity index is 1020. The molecule has 2 aliphatic rings. The molecule has 0 radical (unpaired) electrons. The Kier molecular flexibility index (Phi) is 6.16. The number of aromatic nitrogens is 2. The van der Waals surface area contributed by atoms with E-state index in [1.165, 1.54) is 14.2 Å². The number of carbonyl (C=O) groups excluding carboxylic acids is 2. The average Bonchev–Trinajstić information content (AvgIpc) is 3.35. The first kappa shape index (κ1) is 21.9. The van der Waals surface area contributed by atoms with Crippen LogP contribution in [0.4, 0.5) is 23.1 Å². The van der Waals surface area contributed by atoms with Crippen LogP contribution in [-0.2, 0) is 9.53 Å². The number of esters is 1. The minimum atomic E-state index is -0.439. The lowest BCUT2D eigenvalue weighted by Gasteiger charge is -2.43. The highest BCUT2D eigenvalue weighted by atomic mass is 16.5. The van der Waals surface area contributed by atoms with Gasteiger partial charge in [-0.1, -0.05) is 19.8 Å². The van der Waals surface area contributed by atoms with Gasteiger partial charge in [-0.25, -0.2) is 9.78 Å². The third kappa shape index (κ3) is 3.83. The van der Waals surface area contributed by atoms with Crippen molar-refractivity contribution in [2.45, 2.75) is 51.1 Å². The van der Waals surface area contributed by atoms with Crippen molar-refractivity contribution in [3.8, 4) is 5.75 Å². The quantitative estimate of drug-likeness (QED) is 0.683.